The predicted octanol–water partition coefficient (Wildman–Crippen LogP) is 1.94. The van der Waals surface area contributed by atoms with Crippen LogP contribution in [-0.2, 0) is 4.74 Å². The molecule has 1 aliphatic carbocycles. The van der Waals surface area contributed by atoms with Crippen molar-refractivity contribution >= 4 is 22.4 Å². The van der Waals surface area contributed by atoms with Gasteiger partial charge in [-0.05, 0) is 19.3 Å². The Balaban J connectivity index is 1.84. The van der Waals surface area contributed by atoms with Crippen LogP contribution in [0.1, 0.15) is 40.5 Å². The third kappa shape index (κ3) is 2.10. The van der Waals surface area contributed by atoms with E-state index in [-0.39, 0.29) is 6.10 Å². The number of hydrogen-bond acceptors (Lipinski definition) is 5. The molecule has 18 heavy (non-hydrogen) atoms. The molecule has 5 nitrogen and oxygen atoms in total. The van der Waals surface area contributed by atoms with Gasteiger partial charge in [0.25, 0.3) is 0 Å². The minimum Gasteiger partial charge on any atom is -0.477 e. The van der Waals surface area contributed by atoms with Crippen molar-refractivity contribution in [3.8, 4) is 0 Å². The molecule has 1 aliphatic heterocycles. The fourth-order valence-corrected chi connectivity index (χ4v) is 3.36. The van der Waals surface area contributed by atoms with E-state index in [0.29, 0.717) is 10.8 Å². The highest BCUT2D eigenvalue weighted by Crippen LogP contribution is 2.44. The van der Waals surface area contributed by atoms with E-state index in [2.05, 4.69) is 9.88 Å². The Morgan fingerprint density at radius 1 is 1.50 bits per heavy atom. The summed E-state index contributed by atoms with van der Waals surface area (Å²) in [7, 11) is 1.72. The Morgan fingerprint density at radius 3 is 2.83 bits per heavy atom. The predicted molar refractivity (Wildman–Crippen MR) is 68.7 cm³/mol. The van der Waals surface area contributed by atoms with Crippen LogP contribution in [-0.4, -0.2) is 42.4 Å². The monoisotopic (exact) mass is 268 g/mol. The molecule has 2 fully saturated rings. The zero-order valence-electron chi connectivity index (χ0n) is 10.3. The number of nitrogens with zero attached hydrogens (tertiary/aromatic N) is 2. The Bertz CT molecular complexity index is 470. The number of aromatic carboxylic acids is 1. The molecule has 0 aromatic carbocycles. The molecular formula is C12H16N2O3S. The SMILES string of the molecule is COC1CCN(c2nc(C3CC3)c(C(=O)O)s2)C1. The highest BCUT2D eigenvalue weighted by molar-refractivity contribution is 7.17. The fraction of sp³-hybridized carbons (Fsp3) is 0.667. The molecule has 0 radical (unpaired) electrons. The highest BCUT2D eigenvalue weighted by Gasteiger charge is 2.34. The van der Waals surface area contributed by atoms with Crippen LogP contribution >= 0.6 is 11.3 Å². The van der Waals surface area contributed by atoms with E-state index in [1.54, 1.807) is 7.11 Å². The third-order valence-corrected chi connectivity index (χ3v) is 4.67. The summed E-state index contributed by atoms with van der Waals surface area (Å²) in [5.74, 6) is -0.468. The third-order valence-electron chi connectivity index (χ3n) is 3.55. The number of rotatable bonds is 4. The topological polar surface area (TPSA) is 62.7 Å². The molecule has 0 spiro atoms. The van der Waals surface area contributed by atoms with E-state index < -0.39 is 5.97 Å². The molecule has 1 unspecified atom stereocenters. The van der Waals surface area contributed by atoms with Crippen molar-refractivity contribution in [1.29, 1.82) is 0 Å². The number of anilines is 1. The van der Waals surface area contributed by atoms with E-state index in [1.165, 1.54) is 11.3 Å². The first-order valence-corrected chi connectivity index (χ1v) is 7.02. The first-order valence-electron chi connectivity index (χ1n) is 6.20. The smallest absolute Gasteiger partial charge is 0.347 e. The standard InChI is InChI=1S/C12H16N2O3S/c1-17-8-4-5-14(6-8)12-13-9(7-2-3-7)10(18-12)11(15)16/h7-8H,2-6H2,1H3,(H,15,16). The van der Waals surface area contributed by atoms with Crippen LogP contribution in [0.15, 0.2) is 0 Å². The molecule has 6 heteroatoms. The van der Waals surface area contributed by atoms with Gasteiger partial charge in [0.15, 0.2) is 5.13 Å². The van der Waals surface area contributed by atoms with Gasteiger partial charge in [0.1, 0.15) is 4.88 Å². The Kier molecular flexibility index (Phi) is 2.99. The minimum atomic E-state index is -0.844. The maximum Gasteiger partial charge on any atom is 0.347 e. The number of hydrogen-bond donors (Lipinski definition) is 1. The lowest BCUT2D eigenvalue weighted by Gasteiger charge is -2.13. The molecule has 3 rings (SSSR count). The van der Waals surface area contributed by atoms with Crippen molar-refractivity contribution in [2.75, 3.05) is 25.1 Å². The van der Waals surface area contributed by atoms with Gasteiger partial charge in [-0.15, -0.1) is 0 Å². The van der Waals surface area contributed by atoms with Gasteiger partial charge in [0, 0.05) is 26.1 Å². The van der Waals surface area contributed by atoms with Crippen LogP contribution in [0.2, 0.25) is 0 Å². The van der Waals surface area contributed by atoms with Crippen molar-refractivity contribution in [1.82, 2.24) is 4.98 Å². The van der Waals surface area contributed by atoms with Crippen molar-refractivity contribution in [2.45, 2.75) is 31.3 Å². The van der Waals surface area contributed by atoms with Gasteiger partial charge >= 0.3 is 5.97 Å². The van der Waals surface area contributed by atoms with Gasteiger partial charge in [0.2, 0.25) is 0 Å². The van der Waals surface area contributed by atoms with Crippen molar-refractivity contribution in [3.05, 3.63) is 10.6 Å². The molecule has 0 bridgehead atoms. The molecule has 98 valence electrons. The minimum absolute atomic E-state index is 0.242. The number of methoxy groups -OCH3 is 1. The zero-order valence-corrected chi connectivity index (χ0v) is 11.1. The molecule has 1 saturated heterocycles. The molecule has 1 aromatic rings. The normalized spacial score (nSPS) is 23.6. The molecule has 2 heterocycles. The van der Waals surface area contributed by atoms with Crippen LogP contribution in [0.3, 0.4) is 0 Å². The molecule has 1 aromatic heterocycles. The van der Waals surface area contributed by atoms with Gasteiger partial charge in [0.05, 0.1) is 11.8 Å². The van der Waals surface area contributed by atoms with E-state index in [9.17, 15) is 9.90 Å². The summed E-state index contributed by atoms with van der Waals surface area (Å²) in [6, 6.07) is 0. The maximum absolute atomic E-state index is 11.2. The van der Waals surface area contributed by atoms with Crippen LogP contribution in [0.25, 0.3) is 0 Å². The molecule has 1 N–H and O–H groups in total. The molecule has 0 amide bonds. The van der Waals surface area contributed by atoms with Gasteiger partial charge in [-0.3, -0.25) is 0 Å². The molecule has 1 saturated carbocycles. The molecular weight excluding hydrogens is 252 g/mol. The lowest BCUT2D eigenvalue weighted by atomic mass is 10.2. The first kappa shape index (κ1) is 11.9. The summed E-state index contributed by atoms with van der Waals surface area (Å²) < 4.78 is 5.33. The fourth-order valence-electron chi connectivity index (χ4n) is 2.34. The average Bonchev–Trinajstić information content (AvgIpc) is 2.94. The van der Waals surface area contributed by atoms with Crippen molar-refractivity contribution in [2.24, 2.45) is 0 Å². The largest absolute Gasteiger partial charge is 0.477 e. The second-order valence-electron chi connectivity index (χ2n) is 4.88. The van der Waals surface area contributed by atoms with Crippen LogP contribution in [0.5, 0.6) is 0 Å². The highest BCUT2D eigenvalue weighted by atomic mass is 32.1. The maximum atomic E-state index is 11.2. The molecule has 1 atom stereocenters. The van der Waals surface area contributed by atoms with Crippen molar-refractivity contribution in [3.63, 3.8) is 0 Å². The van der Waals surface area contributed by atoms with Gasteiger partial charge in [-0.25, -0.2) is 9.78 Å². The Labute approximate surface area is 109 Å². The van der Waals surface area contributed by atoms with Gasteiger partial charge in [-0.1, -0.05) is 11.3 Å². The van der Waals surface area contributed by atoms with Crippen molar-refractivity contribution < 1.29 is 14.6 Å². The van der Waals surface area contributed by atoms with Crippen LogP contribution < -0.4 is 4.90 Å². The van der Waals surface area contributed by atoms with E-state index in [4.69, 9.17) is 4.74 Å². The average molecular weight is 268 g/mol. The number of carboxylic acids is 1. The number of aromatic nitrogens is 1. The number of ether oxygens (including phenoxy) is 1. The molecule has 2 aliphatic rings. The van der Waals surface area contributed by atoms with Gasteiger partial charge < -0.3 is 14.7 Å². The summed E-state index contributed by atoms with van der Waals surface area (Å²) in [6.07, 6.45) is 3.37. The Morgan fingerprint density at radius 2 is 2.28 bits per heavy atom. The second kappa shape index (κ2) is 4.51. The lowest BCUT2D eigenvalue weighted by Crippen LogP contribution is -2.21. The quantitative estimate of drug-likeness (QED) is 0.904. The van der Waals surface area contributed by atoms with Gasteiger partial charge in [-0.2, -0.15) is 0 Å². The van der Waals surface area contributed by atoms with Crippen LogP contribution in [0, 0.1) is 0 Å². The summed E-state index contributed by atoms with van der Waals surface area (Å²) in [4.78, 5) is 18.3. The second-order valence-corrected chi connectivity index (χ2v) is 5.86. The van der Waals surface area contributed by atoms with Crippen LogP contribution in [0.4, 0.5) is 5.13 Å². The van der Waals surface area contributed by atoms with E-state index >= 15 is 0 Å². The number of thiazole rings is 1. The van der Waals surface area contributed by atoms with E-state index in [0.717, 1.165) is 43.2 Å². The number of carboxylic acid groups (broad SMARTS) is 1. The summed E-state index contributed by atoms with van der Waals surface area (Å²) in [5, 5.41) is 10.1. The lowest BCUT2D eigenvalue weighted by molar-refractivity contribution is 0.0700. The van der Waals surface area contributed by atoms with E-state index in [1.807, 2.05) is 0 Å². The zero-order chi connectivity index (χ0) is 12.7. The first-order chi connectivity index (χ1) is 8.69. The summed E-state index contributed by atoms with van der Waals surface area (Å²) in [6.45, 7) is 1.71. The summed E-state index contributed by atoms with van der Waals surface area (Å²) in [5.41, 5.74) is 0.795. The Hall–Kier alpha value is -1.14. The number of carbonyl (C=O) groups is 1. The summed E-state index contributed by atoms with van der Waals surface area (Å²) >= 11 is 1.31.